The molecule has 1 atom stereocenters. The minimum absolute atomic E-state index is 0.0683. The van der Waals surface area contributed by atoms with E-state index >= 15 is 0 Å². The Morgan fingerprint density at radius 2 is 1.70 bits per heavy atom. The van der Waals surface area contributed by atoms with Crippen LogP contribution < -0.4 is 4.74 Å². The fourth-order valence-electron chi connectivity index (χ4n) is 2.23. The molecule has 0 aliphatic carbocycles. The summed E-state index contributed by atoms with van der Waals surface area (Å²) in [6.45, 7) is 0. The lowest BCUT2D eigenvalue weighted by Gasteiger charge is -2.25. The van der Waals surface area contributed by atoms with Crippen LogP contribution in [0.1, 0.15) is 28.4 Å². The number of halogens is 3. The van der Waals surface area contributed by atoms with E-state index in [4.69, 9.17) is 4.74 Å². The van der Waals surface area contributed by atoms with Crippen molar-refractivity contribution in [3.8, 4) is 5.75 Å². The summed E-state index contributed by atoms with van der Waals surface area (Å²) in [6.07, 6.45) is -0.946. The fraction of sp³-hybridized carbons (Fsp3) is 0.133. The van der Waals surface area contributed by atoms with Gasteiger partial charge in [-0.2, -0.15) is 0 Å². The van der Waals surface area contributed by atoms with Crippen LogP contribution >= 0.6 is 0 Å². The van der Waals surface area contributed by atoms with Crippen molar-refractivity contribution >= 4 is 5.78 Å². The number of carbonyl (C=O) groups is 1. The molecule has 0 radical (unpaired) electrons. The Hall–Kier alpha value is -2.30. The summed E-state index contributed by atoms with van der Waals surface area (Å²) >= 11 is 0. The first-order valence-corrected chi connectivity index (χ1v) is 5.99. The number of carbonyl (C=O) groups excluding carboxylic acids is 1. The van der Waals surface area contributed by atoms with Crippen LogP contribution in [0.2, 0.25) is 0 Å². The van der Waals surface area contributed by atoms with Crippen LogP contribution in [0.5, 0.6) is 5.75 Å². The highest BCUT2D eigenvalue weighted by molar-refractivity contribution is 6.00. The third-order valence-corrected chi connectivity index (χ3v) is 3.19. The molecule has 1 aliphatic heterocycles. The van der Waals surface area contributed by atoms with Gasteiger partial charge in [0, 0.05) is 17.7 Å². The van der Waals surface area contributed by atoms with Gasteiger partial charge in [0.2, 0.25) is 0 Å². The van der Waals surface area contributed by atoms with E-state index in [0.29, 0.717) is 0 Å². The number of ether oxygens (including phenoxy) is 1. The third-order valence-electron chi connectivity index (χ3n) is 3.19. The first kappa shape index (κ1) is 12.7. The van der Waals surface area contributed by atoms with Crippen molar-refractivity contribution in [2.24, 2.45) is 0 Å². The summed E-state index contributed by atoms with van der Waals surface area (Å²) in [5, 5.41) is 0. The first-order valence-electron chi connectivity index (χ1n) is 5.99. The Labute approximate surface area is 112 Å². The predicted octanol–water partition coefficient (Wildman–Crippen LogP) is 3.81. The largest absolute Gasteiger partial charge is 0.484 e. The Balaban J connectivity index is 2.00. The second kappa shape index (κ2) is 4.67. The van der Waals surface area contributed by atoms with E-state index in [1.807, 2.05) is 0 Å². The molecule has 0 spiro atoms. The summed E-state index contributed by atoms with van der Waals surface area (Å²) in [7, 11) is 0. The van der Waals surface area contributed by atoms with Gasteiger partial charge in [-0.25, -0.2) is 13.2 Å². The van der Waals surface area contributed by atoms with Crippen molar-refractivity contribution in [2.45, 2.75) is 12.5 Å². The molecule has 1 aliphatic rings. The maximum atomic E-state index is 13.7. The molecule has 1 unspecified atom stereocenters. The summed E-state index contributed by atoms with van der Waals surface area (Å²) in [4.78, 5) is 12.0. The zero-order chi connectivity index (χ0) is 14.3. The van der Waals surface area contributed by atoms with Crippen LogP contribution in [-0.4, -0.2) is 5.78 Å². The lowest BCUT2D eigenvalue weighted by atomic mass is 9.96. The van der Waals surface area contributed by atoms with Gasteiger partial charge in [-0.05, 0) is 24.3 Å². The maximum Gasteiger partial charge on any atom is 0.170 e. The Kier molecular flexibility index (Phi) is 2.97. The van der Waals surface area contributed by atoms with Crippen LogP contribution in [-0.2, 0) is 0 Å². The predicted molar refractivity (Wildman–Crippen MR) is 65.1 cm³/mol. The van der Waals surface area contributed by atoms with Gasteiger partial charge >= 0.3 is 0 Å². The zero-order valence-corrected chi connectivity index (χ0v) is 10.2. The monoisotopic (exact) mass is 278 g/mol. The molecule has 102 valence electrons. The van der Waals surface area contributed by atoms with Crippen LogP contribution in [0, 0.1) is 17.5 Å². The van der Waals surface area contributed by atoms with Crippen molar-refractivity contribution in [1.82, 2.24) is 0 Å². The van der Waals surface area contributed by atoms with Gasteiger partial charge < -0.3 is 4.74 Å². The molecule has 0 saturated carbocycles. The number of Topliss-reactive ketones (excluding diaryl/α,β-unsaturated/α-hetero) is 1. The van der Waals surface area contributed by atoms with Gasteiger partial charge in [-0.1, -0.05) is 0 Å². The summed E-state index contributed by atoms with van der Waals surface area (Å²) in [6, 6.07) is 6.63. The van der Waals surface area contributed by atoms with Crippen LogP contribution in [0.4, 0.5) is 13.2 Å². The molecule has 0 amide bonds. The SMILES string of the molecule is O=C1CC(c2ccc(F)cc2F)Oc2cc(F)ccc21. The van der Waals surface area contributed by atoms with Gasteiger partial charge in [0.05, 0.1) is 12.0 Å². The molecular weight excluding hydrogens is 269 g/mol. The molecule has 5 heteroatoms. The van der Waals surface area contributed by atoms with Crippen molar-refractivity contribution in [2.75, 3.05) is 0 Å². The highest BCUT2D eigenvalue weighted by Gasteiger charge is 2.29. The summed E-state index contributed by atoms with van der Waals surface area (Å²) in [5.74, 6) is -2.23. The maximum absolute atomic E-state index is 13.7. The van der Waals surface area contributed by atoms with Crippen LogP contribution in [0.15, 0.2) is 36.4 Å². The van der Waals surface area contributed by atoms with E-state index in [1.54, 1.807) is 0 Å². The van der Waals surface area contributed by atoms with Crippen LogP contribution in [0.3, 0.4) is 0 Å². The lowest BCUT2D eigenvalue weighted by molar-refractivity contribution is 0.0845. The minimum atomic E-state index is -0.877. The summed E-state index contributed by atoms with van der Waals surface area (Å²) in [5.41, 5.74) is 0.347. The number of hydrogen-bond acceptors (Lipinski definition) is 2. The van der Waals surface area contributed by atoms with Gasteiger partial charge in [0.25, 0.3) is 0 Å². The lowest BCUT2D eigenvalue weighted by Crippen LogP contribution is -2.21. The third kappa shape index (κ3) is 2.15. The van der Waals surface area contributed by atoms with Crippen molar-refractivity contribution in [1.29, 1.82) is 0 Å². The normalized spacial score (nSPS) is 17.6. The van der Waals surface area contributed by atoms with E-state index in [-0.39, 0.29) is 29.1 Å². The molecule has 2 aromatic carbocycles. The van der Waals surface area contributed by atoms with Gasteiger partial charge in [-0.3, -0.25) is 4.79 Å². The number of benzene rings is 2. The number of ketones is 1. The topological polar surface area (TPSA) is 26.3 Å². The van der Waals surface area contributed by atoms with Crippen molar-refractivity contribution < 1.29 is 22.7 Å². The molecule has 0 bridgehead atoms. The molecular formula is C15H9F3O2. The van der Waals surface area contributed by atoms with E-state index in [1.165, 1.54) is 18.2 Å². The number of hydrogen-bond donors (Lipinski definition) is 0. The second-order valence-electron chi connectivity index (χ2n) is 4.54. The van der Waals surface area contributed by atoms with Gasteiger partial charge in [0.15, 0.2) is 5.78 Å². The molecule has 2 nitrogen and oxygen atoms in total. The van der Waals surface area contributed by atoms with E-state index in [9.17, 15) is 18.0 Å². The molecule has 3 rings (SSSR count). The molecule has 1 heterocycles. The Bertz CT molecular complexity index is 698. The fourth-order valence-corrected chi connectivity index (χ4v) is 2.23. The van der Waals surface area contributed by atoms with Crippen molar-refractivity contribution in [3.63, 3.8) is 0 Å². The molecule has 0 fully saturated rings. The van der Waals surface area contributed by atoms with E-state index in [2.05, 4.69) is 0 Å². The first-order chi connectivity index (χ1) is 9.54. The number of fused-ring (bicyclic) bond motifs is 1. The zero-order valence-electron chi connectivity index (χ0n) is 10.2. The van der Waals surface area contributed by atoms with Gasteiger partial charge in [0.1, 0.15) is 29.3 Å². The van der Waals surface area contributed by atoms with Crippen LogP contribution in [0.25, 0.3) is 0 Å². The average molecular weight is 278 g/mol. The average Bonchev–Trinajstić information content (AvgIpc) is 2.37. The number of rotatable bonds is 1. The highest BCUT2D eigenvalue weighted by atomic mass is 19.1. The Morgan fingerprint density at radius 1 is 1.00 bits per heavy atom. The molecule has 2 aromatic rings. The van der Waals surface area contributed by atoms with Crippen molar-refractivity contribution in [3.05, 3.63) is 65.0 Å². The van der Waals surface area contributed by atoms with E-state index < -0.39 is 23.6 Å². The quantitative estimate of drug-likeness (QED) is 0.793. The molecule has 0 aromatic heterocycles. The van der Waals surface area contributed by atoms with Gasteiger partial charge in [-0.15, -0.1) is 0 Å². The molecule has 0 N–H and O–H groups in total. The highest BCUT2D eigenvalue weighted by Crippen LogP contribution is 2.36. The molecule has 0 saturated heterocycles. The molecule has 20 heavy (non-hydrogen) atoms. The Morgan fingerprint density at radius 3 is 2.45 bits per heavy atom. The summed E-state index contributed by atoms with van der Waals surface area (Å²) < 4.78 is 45.2. The standard InChI is InChI=1S/C15H9F3O2/c16-8-1-3-10(12(18)5-8)15-7-13(19)11-4-2-9(17)6-14(11)20-15/h1-6,15H,7H2. The van der Waals surface area contributed by atoms with E-state index in [0.717, 1.165) is 18.2 Å². The second-order valence-corrected chi connectivity index (χ2v) is 4.54. The smallest absolute Gasteiger partial charge is 0.170 e. The minimum Gasteiger partial charge on any atom is -0.484 e.